The second-order valence-electron chi connectivity index (χ2n) is 3.51. The van der Waals surface area contributed by atoms with Crippen LogP contribution in [0, 0.1) is 0 Å². The van der Waals surface area contributed by atoms with E-state index in [0.717, 1.165) is 12.3 Å². The van der Waals surface area contributed by atoms with Crippen LogP contribution in [0.15, 0.2) is 23.4 Å². The van der Waals surface area contributed by atoms with Gasteiger partial charge in [0.05, 0.1) is 23.3 Å². The Hall–Kier alpha value is -0.790. The van der Waals surface area contributed by atoms with Crippen molar-refractivity contribution in [2.45, 2.75) is 24.2 Å². The highest BCUT2D eigenvalue weighted by Gasteiger charge is 2.30. The van der Waals surface area contributed by atoms with Crippen LogP contribution in [-0.4, -0.2) is 35.2 Å². The molecule has 3 nitrogen and oxygen atoms in total. The summed E-state index contributed by atoms with van der Waals surface area (Å²) < 4.78 is 41.8. The van der Waals surface area contributed by atoms with Gasteiger partial charge in [0.1, 0.15) is 0 Å². The number of pyridine rings is 1. The van der Waals surface area contributed by atoms with Gasteiger partial charge in [-0.25, -0.2) is 4.98 Å². The molecular formula is C11H14F3NO2S. The van der Waals surface area contributed by atoms with Crippen LogP contribution < -0.4 is 0 Å². The molecule has 1 aromatic heterocycles. The van der Waals surface area contributed by atoms with Gasteiger partial charge in [-0.05, 0) is 19.1 Å². The summed E-state index contributed by atoms with van der Waals surface area (Å²) >= 11 is 1.19. The van der Waals surface area contributed by atoms with Crippen LogP contribution in [0.25, 0.3) is 0 Å². The minimum Gasteiger partial charge on any atom is -0.390 e. The number of rotatable bonds is 6. The molecule has 0 aliphatic rings. The zero-order valence-electron chi connectivity index (χ0n) is 9.78. The summed E-state index contributed by atoms with van der Waals surface area (Å²) in [5, 5.41) is 9.91. The van der Waals surface area contributed by atoms with E-state index in [-0.39, 0.29) is 6.61 Å². The second kappa shape index (κ2) is 6.96. The zero-order valence-corrected chi connectivity index (χ0v) is 10.6. The average molecular weight is 281 g/mol. The van der Waals surface area contributed by atoms with Crippen LogP contribution in [-0.2, 0) is 10.9 Å². The van der Waals surface area contributed by atoms with E-state index in [1.165, 1.54) is 17.8 Å². The van der Waals surface area contributed by atoms with Gasteiger partial charge in [-0.15, -0.1) is 11.8 Å². The summed E-state index contributed by atoms with van der Waals surface area (Å²) in [4.78, 5) is 3.69. The molecule has 1 aromatic rings. The molecular weight excluding hydrogens is 267 g/mol. The van der Waals surface area contributed by atoms with Crippen molar-refractivity contribution in [2.75, 3.05) is 19.0 Å². The summed E-state index contributed by atoms with van der Waals surface area (Å²) in [5.74, 6) is 0.332. The minimum absolute atomic E-state index is 0.212. The summed E-state index contributed by atoms with van der Waals surface area (Å²) in [6.45, 7) is 2.54. The fraction of sp³-hybridized carbons (Fsp3) is 0.545. The topological polar surface area (TPSA) is 42.4 Å². The molecule has 1 N–H and O–H groups in total. The van der Waals surface area contributed by atoms with Gasteiger partial charge in [0.15, 0.2) is 0 Å². The van der Waals surface area contributed by atoms with Crippen molar-refractivity contribution in [3.05, 3.63) is 23.9 Å². The van der Waals surface area contributed by atoms with Gasteiger partial charge in [-0.2, -0.15) is 13.2 Å². The summed E-state index contributed by atoms with van der Waals surface area (Å²) in [7, 11) is 0. The van der Waals surface area contributed by atoms with Gasteiger partial charge in [0, 0.05) is 18.6 Å². The summed E-state index contributed by atoms with van der Waals surface area (Å²) in [6.07, 6.45) is -4.24. The first-order chi connectivity index (χ1) is 8.43. The van der Waals surface area contributed by atoms with Crippen molar-refractivity contribution in [2.24, 2.45) is 0 Å². The maximum Gasteiger partial charge on any atom is 0.417 e. The molecule has 1 atom stereocenters. The molecule has 0 bridgehead atoms. The van der Waals surface area contributed by atoms with Crippen molar-refractivity contribution in [1.82, 2.24) is 4.98 Å². The predicted molar refractivity (Wildman–Crippen MR) is 62.5 cm³/mol. The molecule has 0 radical (unpaired) electrons. The normalized spacial score (nSPS) is 13.6. The molecule has 0 aliphatic carbocycles. The average Bonchev–Trinajstić information content (AvgIpc) is 2.33. The maximum atomic E-state index is 12.3. The molecule has 102 valence electrons. The molecule has 0 aliphatic heterocycles. The van der Waals surface area contributed by atoms with Crippen LogP contribution in [0.3, 0.4) is 0 Å². The van der Waals surface area contributed by atoms with Crippen LogP contribution in [0.1, 0.15) is 12.5 Å². The van der Waals surface area contributed by atoms with Gasteiger partial charge < -0.3 is 9.84 Å². The van der Waals surface area contributed by atoms with Gasteiger partial charge >= 0.3 is 6.18 Å². The Morgan fingerprint density at radius 2 is 2.17 bits per heavy atom. The van der Waals surface area contributed by atoms with E-state index in [1.807, 2.05) is 6.92 Å². The van der Waals surface area contributed by atoms with Crippen LogP contribution in [0.2, 0.25) is 0 Å². The van der Waals surface area contributed by atoms with Crippen LogP contribution in [0.4, 0.5) is 13.2 Å². The molecule has 0 saturated heterocycles. The Balaban J connectivity index is 2.44. The van der Waals surface area contributed by atoms with E-state index in [1.54, 1.807) is 0 Å². The Morgan fingerprint density at radius 1 is 1.44 bits per heavy atom. The number of hydrogen-bond acceptors (Lipinski definition) is 4. The van der Waals surface area contributed by atoms with E-state index in [4.69, 9.17) is 4.74 Å². The Morgan fingerprint density at radius 3 is 2.67 bits per heavy atom. The highest BCUT2D eigenvalue weighted by atomic mass is 32.2. The number of aromatic nitrogens is 1. The fourth-order valence-corrected chi connectivity index (χ4v) is 1.87. The number of halogens is 3. The predicted octanol–water partition coefficient (Wildman–Crippen LogP) is 2.59. The first-order valence-electron chi connectivity index (χ1n) is 5.35. The molecule has 1 unspecified atom stereocenters. The largest absolute Gasteiger partial charge is 0.417 e. The second-order valence-corrected chi connectivity index (χ2v) is 4.55. The Kier molecular flexibility index (Phi) is 5.90. The molecule has 18 heavy (non-hydrogen) atoms. The van der Waals surface area contributed by atoms with Gasteiger partial charge in [-0.3, -0.25) is 0 Å². The SMILES string of the molecule is CCOCC(O)CSc1ccc(C(F)(F)F)cn1. The quantitative estimate of drug-likeness (QED) is 0.814. The fourth-order valence-electron chi connectivity index (χ4n) is 1.12. The third kappa shape index (κ3) is 5.24. The van der Waals surface area contributed by atoms with Gasteiger partial charge in [0.2, 0.25) is 0 Å². The van der Waals surface area contributed by atoms with E-state index in [9.17, 15) is 18.3 Å². The van der Waals surface area contributed by atoms with Crippen molar-refractivity contribution >= 4 is 11.8 Å². The molecule has 0 fully saturated rings. The summed E-state index contributed by atoms with van der Waals surface area (Å²) in [5.41, 5.74) is -0.776. The van der Waals surface area contributed by atoms with E-state index < -0.39 is 17.8 Å². The number of aliphatic hydroxyl groups excluding tert-OH is 1. The van der Waals surface area contributed by atoms with Gasteiger partial charge in [-0.1, -0.05) is 0 Å². The molecule has 0 saturated carbocycles. The smallest absolute Gasteiger partial charge is 0.390 e. The first-order valence-corrected chi connectivity index (χ1v) is 6.34. The first kappa shape index (κ1) is 15.3. The lowest BCUT2D eigenvalue weighted by Gasteiger charge is -2.10. The molecule has 0 spiro atoms. The highest BCUT2D eigenvalue weighted by molar-refractivity contribution is 7.99. The Bertz CT molecular complexity index is 356. The third-order valence-corrected chi connectivity index (χ3v) is 3.09. The lowest BCUT2D eigenvalue weighted by molar-refractivity contribution is -0.137. The number of ether oxygens (including phenoxy) is 1. The molecule has 1 rings (SSSR count). The Labute approximate surface area is 107 Å². The van der Waals surface area contributed by atoms with E-state index >= 15 is 0 Å². The highest BCUT2D eigenvalue weighted by Crippen LogP contribution is 2.29. The number of hydrogen-bond donors (Lipinski definition) is 1. The molecule has 1 heterocycles. The van der Waals surface area contributed by atoms with Crippen molar-refractivity contribution in [3.63, 3.8) is 0 Å². The van der Waals surface area contributed by atoms with E-state index in [0.29, 0.717) is 17.4 Å². The molecule has 0 aromatic carbocycles. The van der Waals surface area contributed by atoms with Gasteiger partial charge in [0.25, 0.3) is 0 Å². The number of alkyl halides is 3. The van der Waals surface area contributed by atoms with E-state index in [2.05, 4.69) is 4.98 Å². The zero-order chi connectivity index (χ0) is 13.6. The lowest BCUT2D eigenvalue weighted by Crippen LogP contribution is -2.17. The molecule has 7 heteroatoms. The number of nitrogens with zero attached hydrogens (tertiary/aromatic N) is 1. The number of aliphatic hydroxyl groups is 1. The van der Waals surface area contributed by atoms with Crippen LogP contribution in [0.5, 0.6) is 0 Å². The van der Waals surface area contributed by atoms with Crippen molar-refractivity contribution in [1.29, 1.82) is 0 Å². The monoisotopic (exact) mass is 281 g/mol. The lowest BCUT2D eigenvalue weighted by atomic mass is 10.3. The number of thioether (sulfide) groups is 1. The third-order valence-electron chi connectivity index (χ3n) is 2.00. The molecule has 0 amide bonds. The minimum atomic E-state index is -4.37. The van der Waals surface area contributed by atoms with Crippen molar-refractivity contribution < 1.29 is 23.0 Å². The summed E-state index contributed by atoms with van der Waals surface area (Å²) in [6, 6.07) is 2.27. The van der Waals surface area contributed by atoms with Crippen molar-refractivity contribution in [3.8, 4) is 0 Å². The van der Waals surface area contributed by atoms with Crippen LogP contribution >= 0.6 is 11.8 Å². The maximum absolute atomic E-state index is 12.3. The standard InChI is InChI=1S/C11H14F3NO2S/c1-2-17-6-9(16)7-18-10-4-3-8(5-15-10)11(12,13)14/h3-5,9,16H,2,6-7H2,1H3.